The molecule has 0 unspecified atom stereocenters. The lowest BCUT2D eigenvalue weighted by atomic mass is 10.1. The van der Waals surface area contributed by atoms with Crippen molar-refractivity contribution in [1.82, 2.24) is 4.98 Å². The summed E-state index contributed by atoms with van der Waals surface area (Å²) in [6, 6.07) is 7.24. The van der Waals surface area contributed by atoms with Crippen LogP contribution in [0.3, 0.4) is 0 Å². The molecule has 0 radical (unpaired) electrons. The smallest absolute Gasteiger partial charge is 0.139 e. The van der Waals surface area contributed by atoms with Crippen LogP contribution in [0.15, 0.2) is 36.7 Å². The molecule has 2 N–H and O–H groups in total. The summed E-state index contributed by atoms with van der Waals surface area (Å²) >= 11 is 10.8. The van der Waals surface area contributed by atoms with Gasteiger partial charge < -0.3 is 15.2 Å². The van der Waals surface area contributed by atoms with Crippen LogP contribution in [0.2, 0.25) is 5.02 Å². The molecule has 104 valence electrons. The second-order valence-electron chi connectivity index (χ2n) is 4.03. The van der Waals surface area contributed by atoms with Crippen LogP contribution in [0.4, 0.5) is 0 Å². The molecule has 0 amide bonds. The van der Waals surface area contributed by atoms with Crippen molar-refractivity contribution in [1.29, 1.82) is 0 Å². The summed E-state index contributed by atoms with van der Waals surface area (Å²) in [7, 11) is 1.57. The minimum atomic E-state index is 0.299. The number of aromatic nitrogens is 1. The van der Waals surface area contributed by atoms with Crippen LogP contribution >= 0.6 is 23.8 Å². The lowest BCUT2D eigenvalue weighted by Crippen LogP contribution is -2.11. The Morgan fingerprint density at radius 3 is 2.80 bits per heavy atom. The van der Waals surface area contributed by atoms with Gasteiger partial charge in [0.2, 0.25) is 0 Å². The van der Waals surface area contributed by atoms with E-state index < -0.39 is 0 Å². The molecule has 0 fully saturated rings. The molecule has 1 aromatic carbocycles. The van der Waals surface area contributed by atoms with E-state index in [1.165, 1.54) is 0 Å². The van der Waals surface area contributed by atoms with E-state index in [1.54, 1.807) is 25.6 Å². The summed E-state index contributed by atoms with van der Waals surface area (Å²) < 4.78 is 10.9. The Morgan fingerprint density at radius 2 is 2.15 bits per heavy atom. The van der Waals surface area contributed by atoms with E-state index >= 15 is 0 Å². The standard InChI is InChI=1S/C14H13ClN2O2S/c1-18-13-4-9(2-3-12(13)14(16)20)8-19-11-5-10(15)6-17-7-11/h2-7H,8H2,1H3,(H2,16,20). The van der Waals surface area contributed by atoms with Crippen molar-refractivity contribution < 1.29 is 9.47 Å². The molecule has 0 bridgehead atoms. The first-order valence-electron chi connectivity index (χ1n) is 5.80. The van der Waals surface area contributed by atoms with Crippen LogP contribution in [0.1, 0.15) is 11.1 Å². The maximum Gasteiger partial charge on any atom is 0.139 e. The predicted octanol–water partition coefficient (Wildman–Crippen LogP) is 2.96. The molecule has 20 heavy (non-hydrogen) atoms. The van der Waals surface area contributed by atoms with E-state index in [4.69, 9.17) is 39.0 Å². The summed E-state index contributed by atoms with van der Waals surface area (Å²) in [4.78, 5) is 4.25. The molecule has 1 aromatic heterocycles. The van der Waals surface area contributed by atoms with Crippen LogP contribution < -0.4 is 15.2 Å². The van der Waals surface area contributed by atoms with Crippen LogP contribution in [-0.2, 0) is 6.61 Å². The molecule has 0 aliphatic heterocycles. The number of nitrogens with zero attached hydrogens (tertiary/aromatic N) is 1. The van der Waals surface area contributed by atoms with Gasteiger partial charge in [-0.25, -0.2) is 0 Å². The molecule has 6 heteroatoms. The first-order valence-corrected chi connectivity index (χ1v) is 6.59. The van der Waals surface area contributed by atoms with Gasteiger partial charge in [-0.2, -0.15) is 0 Å². The van der Waals surface area contributed by atoms with Crippen molar-refractivity contribution in [2.45, 2.75) is 6.61 Å². The van der Waals surface area contributed by atoms with Gasteiger partial charge in [-0.3, -0.25) is 4.98 Å². The lowest BCUT2D eigenvalue weighted by molar-refractivity contribution is 0.304. The van der Waals surface area contributed by atoms with Crippen molar-refractivity contribution in [3.63, 3.8) is 0 Å². The fourth-order valence-electron chi connectivity index (χ4n) is 1.67. The number of halogens is 1. The minimum Gasteiger partial charge on any atom is -0.496 e. The Balaban J connectivity index is 2.12. The van der Waals surface area contributed by atoms with E-state index in [0.717, 1.165) is 5.56 Å². The number of nitrogens with two attached hydrogens (primary N) is 1. The van der Waals surface area contributed by atoms with Gasteiger partial charge in [0.1, 0.15) is 23.1 Å². The molecule has 0 atom stereocenters. The van der Waals surface area contributed by atoms with Gasteiger partial charge in [0.05, 0.1) is 23.9 Å². The highest BCUT2D eigenvalue weighted by molar-refractivity contribution is 7.80. The van der Waals surface area contributed by atoms with E-state index in [-0.39, 0.29) is 0 Å². The predicted molar refractivity (Wildman–Crippen MR) is 82.5 cm³/mol. The van der Waals surface area contributed by atoms with Crippen molar-refractivity contribution in [2.24, 2.45) is 5.73 Å². The quantitative estimate of drug-likeness (QED) is 0.861. The Morgan fingerprint density at radius 1 is 1.35 bits per heavy atom. The summed E-state index contributed by atoms with van der Waals surface area (Å²) in [5.41, 5.74) is 7.26. The van der Waals surface area contributed by atoms with Gasteiger partial charge in [-0.1, -0.05) is 29.9 Å². The molecule has 2 aromatic rings. The highest BCUT2D eigenvalue weighted by Crippen LogP contribution is 2.22. The molecule has 0 saturated heterocycles. The zero-order valence-corrected chi connectivity index (χ0v) is 12.4. The van der Waals surface area contributed by atoms with Crippen LogP contribution in [-0.4, -0.2) is 17.1 Å². The summed E-state index contributed by atoms with van der Waals surface area (Å²) in [5.74, 6) is 1.23. The summed E-state index contributed by atoms with van der Waals surface area (Å²) in [6.07, 6.45) is 3.15. The number of hydrogen-bond donors (Lipinski definition) is 1. The number of methoxy groups -OCH3 is 1. The normalized spacial score (nSPS) is 10.1. The average Bonchev–Trinajstić information content (AvgIpc) is 2.44. The average molecular weight is 309 g/mol. The monoisotopic (exact) mass is 308 g/mol. The number of pyridine rings is 1. The third-order valence-electron chi connectivity index (χ3n) is 2.62. The zero-order valence-electron chi connectivity index (χ0n) is 10.8. The Kier molecular flexibility index (Phi) is 4.76. The number of thiocarbonyl (C=S) groups is 1. The van der Waals surface area contributed by atoms with E-state index in [0.29, 0.717) is 33.7 Å². The summed E-state index contributed by atoms with van der Waals surface area (Å²) in [6.45, 7) is 0.371. The van der Waals surface area contributed by atoms with Gasteiger partial charge in [-0.15, -0.1) is 0 Å². The van der Waals surface area contributed by atoms with Crippen LogP contribution in [0.5, 0.6) is 11.5 Å². The van der Waals surface area contributed by atoms with E-state index in [1.807, 2.05) is 18.2 Å². The van der Waals surface area contributed by atoms with Crippen molar-refractivity contribution in [2.75, 3.05) is 7.11 Å². The molecule has 0 aliphatic rings. The second kappa shape index (κ2) is 6.54. The molecule has 4 nitrogen and oxygen atoms in total. The SMILES string of the molecule is COc1cc(COc2cncc(Cl)c2)ccc1C(N)=S. The Bertz CT molecular complexity index is 634. The topological polar surface area (TPSA) is 57.4 Å². The van der Waals surface area contributed by atoms with Gasteiger partial charge in [-0.05, 0) is 17.7 Å². The number of rotatable bonds is 5. The van der Waals surface area contributed by atoms with Gasteiger partial charge in [0.25, 0.3) is 0 Å². The fraction of sp³-hybridized carbons (Fsp3) is 0.143. The zero-order chi connectivity index (χ0) is 14.5. The number of ether oxygens (including phenoxy) is 2. The van der Waals surface area contributed by atoms with Crippen molar-refractivity contribution >= 4 is 28.8 Å². The first kappa shape index (κ1) is 14.6. The third-order valence-corrected chi connectivity index (χ3v) is 3.04. The van der Waals surface area contributed by atoms with Crippen molar-refractivity contribution in [3.8, 4) is 11.5 Å². The largest absolute Gasteiger partial charge is 0.496 e. The fourth-order valence-corrected chi connectivity index (χ4v) is 2.00. The highest BCUT2D eigenvalue weighted by atomic mass is 35.5. The van der Waals surface area contributed by atoms with Crippen molar-refractivity contribution in [3.05, 3.63) is 52.8 Å². The summed E-state index contributed by atoms with van der Waals surface area (Å²) in [5, 5.41) is 0.531. The van der Waals surface area contributed by atoms with Crippen LogP contribution in [0.25, 0.3) is 0 Å². The number of benzene rings is 1. The molecule has 0 aliphatic carbocycles. The van der Waals surface area contributed by atoms with Gasteiger partial charge in [0, 0.05) is 12.3 Å². The Labute approximate surface area is 127 Å². The minimum absolute atomic E-state index is 0.299. The maximum absolute atomic E-state index is 5.84. The van der Waals surface area contributed by atoms with E-state index in [2.05, 4.69) is 4.98 Å². The molecular formula is C14H13ClN2O2S. The van der Waals surface area contributed by atoms with Gasteiger partial charge in [0.15, 0.2) is 0 Å². The highest BCUT2D eigenvalue weighted by Gasteiger charge is 2.07. The molecule has 0 spiro atoms. The lowest BCUT2D eigenvalue weighted by Gasteiger charge is -2.10. The molecule has 1 heterocycles. The second-order valence-corrected chi connectivity index (χ2v) is 4.90. The molecular weight excluding hydrogens is 296 g/mol. The van der Waals surface area contributed by atoms with Gasteiger partial charge >= 0.3 is 0 Å². The Hall–Kier alpha value is -1.85. The number of hydrogen-bond acceptors (Lipinski definition) is 4. The maximum atomic E-state index is 5.84. The molecule has 2 rings (SSSR count). The third kappa shape index (κ3) is 3.59. The van der Waals surface area contributed by atoms with Crippen LogP contribution in [0, 0.1) is 0 Å². The van der Waals surface area contributed by atoms with E-state index in [9.17, 15) is 0 Å². The molecule has 0 saturated carbocycles. The first-order chi connectivity index (χ1) is 9.60.